The van der Waals surface area contributed by atoms with Crippen LogP contribution in [0.4, 0.5) is 0 Å². The Morgan fingerprint density at radius 3 is 2.93 bits per heavy atom. The van der Waals surface area contributed by atoms with Gasteiger partial charge in [-0.3, -0.25) is 0 Å². The van der Waals surface area contributed by atoms with Gasteiger partial charge in [0.15, 0.2) is 0 Å². The van der Waals surface area contributed by atoms with Crippen molar-refractivity contribution in [2.24, 2.45) is 5.92 Å². The maximum atomic E-state index is 3.45. The Morgan fingerprint density at radius 2 is 2.27 bits per heavy atom. The SMILES string of the molecule is CN1CCCC(CN(C)C2CCNC2)C1. The van der Waals surface area contributed by atoms with Gasteiger partial charge < -0.3 is 15.1 Å². The van der Waals surface area contributed by atoms with Gasteiger partial charge in [0.1, 0.15) is 0 Å². The van der Waals surface area contributed by atoms with Gasteiger partial charge in [-0.25, -0.2) is 0 Å². The summed E-state index contributed by atoms with van der Waals surface area (Å²) in [6.45, 7) is 6.28. The Morgan fingerprint density at radius 1 is 1.40 bits per heavy atom. The number of hydrogen-bond donors (Lipinski definition) is 1. The lowest BCUT2D eigenvalue weighted by atomic mass is 9.97. The summed E-state index contributed by atoms with van der Waals surface area (Å²) >= 11 is 0. The molecule has 0 aromatic carbocycles. The molecular weight excluding hydrogens is 186 g/mol. The van der Waals surface area contributed by atoms with Crippen LogP contribution in [0.1, 0.15) is 19.3 Å². The summed E-state index contributed by atoms with van der Waals surface area (Å²) in [5.74, 6) is 0.898. The van der Waals surface area contributed by atoms with Crippen LogP contribution < -0.4 is 5.32 Å². The first kappa shape index (κ1) is 11.4. The number of likely N-dealkylation sites (tertiary alicyclic amines) is 1. The molecule has 1 N–H and O–H groups in total. The van der Waals surface area contributed by atoms with Crippen LogP contribution in [0.2, 0.25) is 0 Å². The Hall–Kier alpha value is -0.120. The highest BCUT2D eigenvalue weighted by Gasteiger charge is 2.23. The van der Waals surface area contributed by atoms with Crippen LogP contribution in [0.3, 0.4) is 0 Å². The predicted octanol–water partition coefficient (Wildman–Crippen LogP) is 0.622. The monoisotopic (exact) mass is 211 g/mol. The van der Waals surface area contributed by atoms with E-state index in [0.29, 0.717) is 0 Å². The number of likely N-dealkylation sites (N-methyl/N-ethyl adjacent to an activating group) is 1. The number of nitrogens with one attached hydrogen (secondary N) is 1. The number of rotatable bonds is 3. The van der Waals surface area contributed by atoms with E-state index in [-0.39, 0.29) is 0 Å². The average molecular weight is 211 g/mol. The topological polar surface area (TPSA) is 18.5 Å². The summed E-state index contributed by atoms with van der Waals surface area (Å²) in [5.41, 5.74) is 0. The van der Waals surface area contributed by atoms with Crippen molar-refractivity contribution < 1.29 is 0 Å². The Labute approximate surface area is 93.8 Å². The Balaban J connectivity index is 1.74. The highest BCUT2D eigenvalue weighted by molar-refractivity contribution is 4.81. The van der Waals surface area contributed by atoms with E-state index in [1.54, 1.807) is 0 Å². The molecule has 0 amide bonds. The number of piperidine rings is 1. The van der Waals surface area contributed by atoms with Crippen molar-refractivity contribution in [1.29, 1.82) is 0 Å². The van der Waals surface area contributed by atoms with Crippen LogP contribution in [0.5, 0.6) is 0 Å². The zero-order valence-electron chi connectivity index (χ0n) is 10.2. The van der Waals surface area contributed by atoms with Crippen LogP contribution in [0.15, 0.2) is 0 Å². The van der Waals surface area contributed by atoms with Gasteiger partial charge in [0.05, 0.1) is 0 Å². The van der Waals surface area contributed by atoms with Crippen LogP contribution in [0.25, 0.3) is 0 Å². The minimum Gasteiger partial charge on any atom is -0.315 e. The van der Waals surface area contributed by atoms with Gasteiger partial charge in [-0.2, -0.15) is 0 Å². The zero-order chi connectivity index (χ0) is 10.7. The summed E-state index contributed by atoms with van der Waals surface area (Å²) in [6.07, 6.45) is 4.14. The van der Waals surface area contributed by atoms with Gasteiger partial charge in [0.25, 0.3) is 0 Å². The molecule has 15 heavy (non-hydrogen) atoms. The van der Waals surface area contributed by atoms with Crippen molar-refractivity contribution in [1.82, 2.24) is 15.1 Å². The molecule has 2 heterocycles. The van der Waals surface area contributed by atoms with Crippen molar-refractivity contribution in [3.05, 3.63) is 0 Å². The predicted molar refractivity (Wildman–Crippen MR) is 64.1 cm³/mol. The van der Waals surface area contributed by atoms with Gasteiger partial charge >= 0.3 is 0 Å². The largest absolute Gasteiger partial charge is 0.315 e. The number of nitrogens with zero attached hydrogens (tertiary/aromatic N) is 2. The second-order valence-corrected chi connectivity index (χ2v) is 5.36. The first-order valence-corrected chi connectivity index (χ1v) is 6.35. The van der Waals surface area contributed by atoms with E-state index in [1.165, 1.54) is 52.0 Å². The lowest BCUT2D eigenvalue weighted by Gasteiger charge is -2.34. The first-order chi connectivity index (χ1) is 7.25. The zero-order valence-corrected chi connectivity index (χ0v) is 10.2. The van der Waals surface area contributed by atoms with Crippen LogP contribution in [0, 0.1) is 5.92 Å². The molecule has 2 unspecified atom stereocenters. The molecule has 2 aliphatic heterocycles. The summed E-state index contributed by atoms with van der Waals surface area (Å²) in [7, 11) is 4.55. The molecule has 2 aliphatic rings. The molecule has 0 aromatic heterocycles. The Bertz CT molecular complexity index is 189. The van der Waals surface area contributed by atoms with Gasteiger partial charge in [0, 0.05) is 25.7 Å². The molecule has 0 radical (unpaired) electrons. The molecule has 2 atom stereocenters. The standard InChI is InChI=1S/C12H25N3/c1-14-7-3-4-11(9-14)10-15(2)12-5-6-13-8-12/h11-13H,3-10H2,1-2H3. The van der Waals surface area contributed by atoms with Crippen LogP contribution in [-0.4, -0.2) is 62.7 Å². The van der Waals surface area contributed by atoms with Crippen molar-refractivity contribution in [3.63, 3.8) is 0 Å². The molecule has 0 bridgehead atoms. The Kier molecular flexibility index (Phi) is 4.00. The van der Waals surface area contributed by atoms with E-state index in [0.717, 1.165) is 12.0 Å². The van der Waals surface area contributed by atoms with Crippen molar-refractivity contribution in [2.45, 2.75) is 25.3 Å². The molecule has 3 nitrogen and oxygen atoms in total. The van der Waals surface area contributed by atoms with Gasteiger partial charge in [-0.1, -0.05) is 0 Å². The molecule has 3 heteroatoms. The molecule has 0 spiro atoms. The molecule has 0 saturated carbocycles. The highest BCUT2D eigenvalue weighted by Crippen LogP contribution is 2.17. The molecule has 2 rings (SSSR count). The van der Waals surface area contributed by atoms with E-state index >= 15 is 0 Å². The maximum absolute atomic E-state index is 3.45. The summed E-state index contributed by atoms with van der Waals surface area (Å²) in [5, 5.41) is 3.45. The van der Waals surface area contributed by atoms with E-state index in [2.05, 4.69) is 29.2 Å². The highest BCUT2D eigenvalue weighted by atomic mass is 15.2. The van der Waals surface area contributed by atoms with Crippen LogP contribution in [-0.2, 0) is 0 Å². The number of hydrogen-bond acceptors (Lipinski definition) is 3. The summed E-state index contributed by atoms with van der Waals surface area (Å²) in [4.78, 5) is 5.05. The third-order valence-electron chi connectivity index (χ3n) is 3.93. The lowest BCUT2D eigenvalue weighted by Crippen LogP contribution is -2.42. The normalized spacial score (nSPS) is 33.8. The fraction of sp³-hybridized carbons (Fsp3) is 1.00. The van der Waals surface area contributed by atoms with E-state index < -0.39 is 0 Å². The maximum Gasteiger partial charge on any atom is 0.0229 e. The second kappa shape index (κ2) is 5.28. The van der Waals surface area contributed by atoms with E-state index in [1.807, 2.05) is 0 Å². The second-order valence-electron chi connectivity index (χ2n) is 5.36. The lowest BCUT2D eigenvalue weighted by molar-refractivity contribution is 0.146. The fourth-order valence-electron chi connectivity index (χ4n) is 2.99. The fourth-order valence-corrected chi connectivity index (χ4v) is 2.99. The minimum absolute atomic E-state index is 0.789. The third kappa shape index (κ3) is 3.16. The smallest absolute Gasteiger partial charge is 0.0229 e. The molecule has 0 aromatic rings. The quantitative estimate of drug-likeness (QED) is 0.738. The van der Waals surface area contributed by atoms with Gasteiger partial charge in [-0.15, -0.1) is 0 Å². The van der Waals surface area contributed by atoms with Crippen LogP contribution >= 0.6 is 0 Å². The van der Waals surface area contributed by atoms with Crippen molar-refractivity contribution in [2.75, 3.05) is 46.8 Å². The van der Waals surface area contributed by atoms with Gasteiger partial charge in [0.2, 0.25) is 0 Å². The molecule has 88 valence electrons. The van der Waals surface area contributed by atoms with E-state index in [4.69, 9.17) is 0 Å². The van der Waals surface area contributed by atoms with Crippen molar-refractivity contribution >= 4 is 0 Å². The molecular formula is C12H25N3. The molecule has 0 aliphatic carbocycles. The molecule has 2 saturated heterocycles. The molecule has 2 fully saturated rings. The van der Waals surface area contributed by atoms with Crippen molar-refractivity contribution in [3.8, 4) is 0 Å². The third-order valence-corrected chi connectivity index (χ3v) is 3.93. The summed E-state index contributed by atoms with van der Waals surface area (Å²) in [6, 6.07) is 0.789. The summed E-state index contributed by atoms with van der Waals surface area (Å²) < 4.78 is 0. The van der Waals surface area contributed by atoms with Gasteiger partial charge in [-0.05, 0) is 52.4 Å². The van der Waals surface area contributed by atoms with E-state index in [9.17, 15) is 0 Å². The average Bonchev–Trinajstić information content (AvgIpc) is 2.70. The first-order valence-electron chi connectivity index (χ1n) is 6.35. The minimum atomic E-state index is 0.789.